The molecule has 5 heteroatoms. The van der Waals surface area contributed by atoms with Gasteiger partial charge in [0, 0.05) is 37.2 Å². The minimum Gasteiger partial charge on any atom is -0.496 e. The standard InChI is InChI=1S/C16H19Br2NOS/c1-3-6-19-15(9-13-7-12(18)10-21-13)14-5-4-11(17)8-16(14)20-2/h4-5,7-8,10,15,19H,3,6,9H2,1-2H3. The van der Waals surface area contributed by atoms with Crippen molar-refractivity contribution in [3.8, 4) is 5.75 Å². The van der Waals surface area contributed by atoms with Crippen LogP contribution >= 0.6 is 43.2 Å². The summed E-state index contributed by atoms with van der Waals surface area (Å²) in [5, 5.41) is 5.76. The lowest BCUT2D eigenvalue weighted by Crippen LogP contribution is -2.24. The molecule has 0 aliphatic heterocycles. The molecular formula is C16H19Br2NOS. The molecular weight excluding hydrogens is 414 g/mol. The molecule has 1 unspecified atom stereocenters. The van der Waals surface area contributed by atoms with Crippen LogP contribution in [-0.4, -0.2) is 13.7 Å². The highest BCUT2D eigenvalue weighted by Gasteiger charge is 2.17. The fourth-order valence-electron chi connectivity index (χ4n) is 2.25. The van der Waals surface area contributed by atoms with E-state index in [2.05, 4.69) is 67.7 Å². The molecule has 0 bridgehead atoms. The third kappa shape index (κ3) is 4.81. The highest BCUT2D eigenvalue weighted by atomic mass is 79.9. The molecule has 0 aliphatic rings. The Balaban J connectivity index is 2.26. The number of ether oxygens (including phenoxy) is 1. The second-order valence-electron chi connectivity index (χ2n) is 4.83. The summed E-state index contributed by atoms with van der Waals surface area (Å²) in [4.78, 5) is 1.36. The molecule has 114 valence electrons. The van der Waals surface area contributed by atoms with Gasteiger partial charge in [0.05, 0.1) is 7.11 Å². The second-order valence-corrected chi connectivity index (χ2v) is 7.66. The molecule has 0 spiro atoms. The van der Waals surface area contributed by atoms with Crippen LogP contribution in [0.4, 0.5) is 0 Å². The molecule has 0 aliphatic carbocycles. The van der Waals surface area contributed by atoms with Crippen molar-refractivity contribution in [2.45, 2.75) is 25.8 Å². The first-order valence-electron chi connectivity index (χ1n) is 6.93. The molecule has 2 rings (SSSR count). The number of hydrogen-bond acceptors (Lipinski definition) is 3. The van der Waals surface area contributed by atoms with Gasteiger partial charge in [0.1, 0.15) is 5.75 Å². The minimum atomic E-state index is 0.263. The van der Waals surface area contributed by atoms with Crippen LogP contribution < -0.4 is 10.1 Å². The van der Waals surface area contributed by atoms with Crippen molar-refractivity contribution in [3.05, 3.63) is 49.0 Å². The van der Waals surface area contributed by atoms with Gasteiger partial charge in [-0.25, -0.2) is 0 Å². The van der Waals surface area contributed by atoms with E-state index in [9.17, 15) is 0 Å². The number of thiophene rings is 1. The van der Waals surface area contributed by atoms with Crippen LogP contribution in [0.25, 0.3) is 0 Å². The number of methoxy groups -OCH3 is 1. The van der Waals surface area contributed by atoms with Crippen LogP contribution in [-0.2, 0) is 6.42 Å². The summed E-state index contributed by atoms with van der Waals surface area (Å²) in [6, 6.07) is 8.69. The highest BCUT2D eigenvalue weighted by Crippen LogP contribution is 2.32. The molecule has 0 amide bonds. The molecule has 1 aromatic heterocycles. The van der Waals surface area contributed by atoms with E-state index in [4.69, 9.17) is 4.74 Å². The Morgan fingerprint density at radius 2 is 2.05 bits per heavy atom. The van der Waals surface area contributed by atoms with Gasteiger partial charge in [-0.05, 0) is 47.1 Å². The Kier molecular flexibility index (Phi) is 6.74. The average Bonchev–Trinajstić information content (AvgIpc) is 2.88. The molecule has 21 heavy (non-hydrogen) atoms. The monoisotopic (exact) mass is 431 g/mol. The van der Waals surface area contributed by atoms with Crippen molar-refractivity contribution in [2.75, 3.05) is 13.7 Å². The van der Waals surface area contributed by atoms with Crippen molar-refractivity contribution in [1.29, 1.82) is 0 Å². The summed E-state index contributed by atoms with van der Waals surface area (Å²) >= 11 is 8.82. The number of rotatable bonds is 7. The van der Waals surface area contributed by atoms with Crippen LogP contribution in [0, 0.1) is 0 Å². The Morgan fingerprint density at radius 1 is 1.24 bits per heavy atom. The maximum Gasteiger partial charge on any atom is 0.124 e. The van der Waals surface area contributed by atoms with Gasteiger partial charge in [-0.1, -0.05) is 28.9 Å². The van der Waals surface area contributed by atoms with Crippen molar-refractivity contribution in [2.24, 2.45) is 0 Å². The summed E-state index contributed by atoms with van der Waals surface area (Å²) in [7, 11) is 1.73. The Bertz CT molecular complexity index is 585. The predicted octanol–water partition coefficient (Wildman–Crippen LogP) is 5.57. The fraction of sp³-hybridized carbons (Fsp3) is 0.375. The lowest BCUT2D eigenvalue weighted by atomic mass is 10.0. The number of benzene rings is 1. The average molecular weight is 433 g/mol. The third-order valence-electron chi connectivity index (χ3n) is 3.24. The molecule has 1 atom stereocenters. The zero-order valence-corrected chi connectivity index (χ0v) is 16.1. The molecule has 1 aromatic carbocycles. The molecule has 1 N–H and O–H groups in total. The number of halogens is 2. The minimum absolute atomic E-state index is 0.263. The Morgan fingerprint density at radius 3 is 2.67 bits per heavy atom. The van der Waals surface area contributed by atoms with E-state index in [1.54, 1.807) is 18.4 Å². The molecule has 2 aromatic rings. The first-order valence-corrected chi connectivity index (χ1v) is 9.40. The lowest BCUT2D eigenvalue weighted by molar-refractivity contribution is 0.398. The topological polar surface area (TPSA) is 21.3 Å². The van der Waals surface area contributed by atoms with Crippen molar-refractivity contribution in [3.63, 3.8) is 0 Å². The maximum atomic E-state index is 5.55. The normalized spacial score (nSPS) is 12.4. The lowest BCUT2D eigenvalue weighted by Gasteiger charge is -2.21. The zero-order chi connectivity index (χ0) is 15.2. The predicted molar refractivity (Wildman–Crippen MR) is 97.5 cm³/mol. The Labute approximate surface area is 147 Å². The summed E-state index contributed by atoms with van der Waals surface area (Å²) in [5.41, 5.74) is 1.21. The van der Waals surface area contributed by atoms with Gasteiger partial charge < -0.3 is 10.1 Å². The van der Waals surface area contributed by atoms with Crippen molar-refractivity contribution in [1.82, 2.24) is 5.32 Å². The molecule has 2 nitrogen and oxygen atoms in total. The smallest absolute Gasteiger partial charge is 0.124 e. The molecule has 0 fully saturated rings. The SMILES string of the molecule is CCCNC(Cc1cc(Br)cs1)c1ccc(Br)cc1OC. The fourth-order valence-corrected chi connectivity index (χ4v) is 4.08. The summed E-state index contributed by atoms with van der Waals surface area (Å²) in [6.07, 6.45) is 2.08. The highest BCUT2D eigenvalue weighted by molar-refractivity contribution is 9.10. The van der Waals surface area contributed by atoms with Gasteiger partial charge in [-0.3, -0.25) is 0 Å². The van der Waals surface area contributed by atoms with E-state index < -0.39 is 0 Å². The van der Waals surface area contributed by atoms with E-state index in [-0.39, 0.29) is 6.04 Å². The van der Waals surface area contributed by atoms with E-state index in [1.165, 1.54) is 10.4 Å². The first kappa shape index (κ1) is 17.0. The van der Waals surface area contributed by atoms with Crippen LogP contribution in [0.3, 0.4) is 0 Å². The van der Waals surface area contributed by atoms with E-state index in [1.807, 2.05) is 6.07 Å². The van der Waals surface area contributed by atoms with E-state index >= 15 is 0 Å². The quantitative estimate of drug-likeness (QED) is 0.617. The molecule has 1 heterocycles. The van der Waals surface area contributed by atoms with Gasteiger partial charge in [-0.2, -0.15) is 0 Å². The van der Waals surface area contributed by atoms with Gasteiger partial charge in [0.15, 0.2) is 0 Å². The van der Waals surface area contributed by atoms with Gasteiger partial charge in [-0.15, -0.1) is 11.3 Å². The van der Waals surface area contributed by atoms with Gasteiger partial charge in [0.2, 0.25) is 0 Å². The molecule has 0 saturated heterocycles. The first-order chi connectivity index (χ1) is 10.1. The van der Waals surface area contributed by atoms with E-state index in [0.717, 1.165) is 34.1 Å². The van der Waals surface area contributed by atoms with Gasteiger partial charge >= 0.3 is 0 Å². The second kappa shape index (κ2) is 8.32. The number of hydrogen-bond donors (Lipinski definition) is 1. The van der Waals surface area contributed by atoms with Crippen LogP contribution in [0.2, 0.25) is 0 Å². The van der Waals surface area contributed by atoms with Crippen molar-refractivity contribution < 1.29 is 4.74 Å². The summed E-state index contributed by atoms with van der Waals surface area (Å²) in [6.45, 7) is 3.18. The summed E-state index contributed by atoms with van der Waals surface area (Å²) < 4.78 is 7.74. The largest absolute Gasteiger partial charge is 0.496 e. The zero-order valence-electron chi connectivity index (χ0n) is 12.2. The van der Waals surface area contributed by atoms with Crippen LogP contribution in [0.15, 0.2) is 38.6 Å². The number of nitrogens with one attached hydrogen (secondary N) is 1. The molecule has 0 radical (unpaired) electrons. The van der Waals surface area contributed by atoms with Crippen LogP contribution in [0.1, 0.15) is 29.8 Å². The van der Waals surface area contributed by atoms with Crippen LogP contribution in [0.5, 0.6) is 5.75 Å². The Hall–Kier alpha value is -0.360. The van der Waals surface area contributed by atoms with E-state index in [0.29, 0.717) is 0 Å². The molecule has 0 saturated carbocycles. The van der Waals surface area contributed by atoms with Crippen molar-refractivity contribution >= 4 is 43.2 Å². The van der Waals surface area contributed by atoms with Gasteiger partial charge in [0.25, 0.3) is 0 Å². The third-order valence-corrected chi connectivity index (χ3v) is 5.45. The maximum absolute atomic E-state index is 5.55. The summed E-state index contributed by atoms with van der Waals surface area (Å²) in [5.74, 6) is 0.925.